The third kappa shape index (κ3) is 4.66. The lowest BCUT2D eigenvalue weighted by molar-refractivity contribution is -0.295. The largest absolute Gasteiger partial charge is 0.456 e. The third-order valence-corrected chi connectivity index (χ3v) is 2.70. The van der Waals surface area contributed by atoms with Crippen molar-refractivity contribution in [2.24, 2.45) is 0 Å². The van der Waals surface area contributed by atoms with E-state index in [0.29, 0.717) is 0 Å². The Kier molecular flexibility index (Phi) is 6.06. The maximum absolute atomic E-state index is 11.2. The molecule has 9 nitrogen and oxygen atoms in total. The molecule has 0 aromatic carbocycles. The Morgan fingerprint density at radius 3 is 1.76 bits per heavy atom. The van der Waals surface area contributed by atoms with Crippen LogP contribution >= 0.6 is 0 Å². The van der Waals surface area contributed by atoms with E-state index in [0.717, 1.165) is 20.8 Å². The van der Waals surface area contributed by atoms with E-state index < -0.39 is 55.2 Å². The Morgan fingerprint density at radius 1 is 0.905 bits per heavy atom. The first kappa shape index (κ1) is 17.3. The number of carbonyl (C=O) groups excluding carboxylic acids is 3. The molecule has 21 heavy (non-hydrogen) atoms. The molecule has 0 spiro atoms. The van der Waals surface area contributed by atoms with Crippen molar-refractivity contribution in [3.8, 4) is 0 Å². The van der Waals surface area contributed by atoms with Crippen molar-refractivity contribution in [2.45, 2.75) is 51.5 Å². The summed E-state index contributed by atoms with van der Waals surface area (Å²) in [6.45, 7) is 2.71. The van der Waals surface area contributed by atoms with E-state index in [9.17, 15) is 24.6 Å². The maximum Gasteiger partial charge on any atom is 0.303 e. The Bertz CT molecular complexity index is 408. The highest BCUT2D eigenvalue weighted by Crippen LogP contribution is 2.27. The van der Waals surface area contributed by atoms with Gasteiger partial charge in [0.2, 0.25) is 0 Å². The van der Waals surface area contributed by atoms with E-state index in [-0.39, 0.29) is 0 Å². The van der Waals surface area contributed by atoms with Gasteiger partial charge in [0.15, 0.2) is 24.6 Å². The van der Waals surface area contributed by atoms with Gasteiger partial charge < -0.3 is 29.2 Å². The van der Waals surface area contributed by atoms with E-state index in [1.807, 2.05) is 0 Å². The van der Waals surface area contributed by atoms with E-state index in [4.69, 9.17) is 18.9 Å². The van der Waals surface area contributed by atoms with Crippen LogP contribution in [0.2, 0.25) is 0 Å². The summed E-state index contributed by atoms with van der Waals surface area (Å²) >= 11 is 0. The molecule has 0 aromatic heterocycles. The minimum absolute atomic E-state index is 0.598. The summed E-state index contributed by atoms with van der Waals surface area (Å²) in [7, 11) is 0. The molecule has 1 unspecified atom stereocenters. The summed E-state index contributed by atoms with van der Waals surface area (Å²) in [5.41, 5.74) is 0. The first-order valence-corrected chi connectivity index (χ1v) is 6.22. The van der Waals surface area contributed by atoms with Gasteiger partial charge in [0.05, 0.1) is 6.61 Å². The van der Waals surface area contributed by atoms with Crippen molar-refractivity contribution in [3.63, 3.8) is 0 Å². The molecule has 0 aromatic rings. The molecule has 0 radical (unpaired) electrons. The molecule has 5 atom stereocenters. The Morgan fingerprint density at radius 2 is 1.33 bits per heavy atom. The smallest absolute Gasteiger partial charge is 0.303 e. The molecule has 1 heterocycles. The average molecular weight is 306 g/mol. The molecule has 9 heteroatoms. The van der Waals surface area contributed by atoms with Crippen molar-refractivity contribution in [3.05, 3.63) is 0 Å². The average Bonchev–Trinajstić information content (AvgIpc) is 2.35. The monoisotopic (exact) mass is 306 g/mol. The number of esters is 3. The molecule has 1 aliphatic rings. The molecule has 1 fully saturated rings. The van der Waals surface area contributed by atoms with Crippen LogP contribution in [0.4, 0.5) is 0 Å². The number of carbonyl (C=O) groups is 3. The first-order valence-electron chi connectivity index (χ1n) is 6.22. The topological polar surface area (TPSA) is 129 Å². The fourth-order valence-corrected chi connectivity index (χ4v) is 2.02. The van der Waals surface area contributed by atoms with Crippen LogP contribution in [0.5, 0.6) is 0 Å². The summed E-state index contributed by atoms with van der Waals surface area (Å²) in [6, 6.07) is 0. The minimum atomic E-state index is -1.64. The lowest BCUT2D eigenvalue weighted by Crippen LogP contribution is -2.62. The molecule has 0 bridgehead atoms. The number of aliphatic hydroxyl groups excluding tert-OH is 2. The molecule has 1 aliphatic heterocycles. The van der Waals surface area contributed by atoms with E-state index in [1.54, 1.807) is 0 Å². The van der Waals surface area contributed by atoms with Crippen molar-refractivity contribution in [1.29, 1.82) is 0 Å². The highest BCUT2D eigenvalue weighted by Gasteiger charge is 2.51. The molecule has 0 saturated carbocycles. The maximum atomic E-state index is 11.2. The van der Waals surface area contributed by atoms with Gasteiger partial charge in [0.25, 0.3) is 0 Å². The Balaban J connectivity index is 3.08. The number of hydrogen-bond acceptors (Lipinski definition) is 9. The van der Waals surface area contributed by atoms with Crippen LogP contribution in [0.25, 0.3) is 0 Å². The van der Waals surface area contributed by atoms with Crippen LogP contribution in [0.3, 0.4) is 0 Å². The van der Waals surface area contributed by atoms with Gasteiger partial charge in [-0.3, -0.25) is 14.4 Å². The van der Waals surface area contributed by atoms with Gasteiger partial charge in [-0.05, 0) is 0 Å². The fourth-order valence-electron chi connectivity index (χ4n) is 2.02. The lowest BCUT2D eigenvalue weighted by atomic mass is 9.98. The summed E-state index contributed by atoms with van der Waals surface area (Å²) < 4.78 is 19.8. The Hall–Kier alpha value is -1.71. The van der Waals surface area contributed by atoms with Crippen LogP contribution in [-0.2, 0) is 33.3 Å². The Labute approximate surface area is 120 Å². The predicted octanol–water partition coefficient (Wildman–Crippen LogP) is -1.51. The number of rotatable bonds is 4. The standard InChI is InChI=1S/C12H18O9/c1-5(14)18-9-8(4-13)21-12(17)11(20-7(3)16)10(9)19-6(2)15/h8-13,17H,4H2,1-3H3/t8-,9+,10+,11+,12?/m1/s1. The fraction of sp³-hybridized carbons (Fsp3) is 0.750. The highest BCUT2D eigenvalue weighted by atomic mass is 16.7. The zero-order chi connectivity index (χ0) is 16.2. The van der Waals surface area contributed by atoms with Gasteiger partial charge in [-0.2, -0.15) is 0 Å². The number of hydrogen-bond donors (Lipinski definition) is 2. The van der Waals surface area contributed by atoms with Crippen molar-refractivity contribution >= 4 is 17.9 Å². The van der Waals surface area contributed by atoms with Crippen LogP contribution in [0.15, 0.2) is 0 Å². The lowest BCUT2D eigenvalue weighted by Gasteiger charge is -2.42. The predicted molar refractivity (Wildman–Crippen MR) is 64.6 cm³/mol. The molecule has 0 aliphatic carbocycles. The second-order valence-corrected chi connectivity index (χ2v) is 4.47. The molecule has 1 saturated heterocycles. The summed E-state index contributed by atoms with van der Waals surface area (Å²) in [4.78, 5) is 33.4. The summed E-state index contributed by atoms with van der Waals surface area (Å²) in [5.74, 6) is -2.19. The van der Waals surface area contributed by atoms with E-state index in [2.05, 4.69) is 0 Å². The number of aliphatic hydroxyl groups is 2. The molecular formula is C12H18O9. The van der Waals surface area contributed by atoms with Gasteiger partial charge >= 0.3 is 17.9 Å². The van der Waals surface area contributed by atoms with Crippen LogP contribution < -0.4 is 0 Å². The normalized spacial score (nSPS) is 32.1. The summed E-state index contributed by atoms with van der Waals surface area (Å²) in [6.07, 6.45) is -6.65. The van der Waals surface area contributed by atoms with E-state index >= 15 is 0 Å². The first-order chi connectivity index (χ1) is 9.76. The van der Waals surface area contributed by atoms with Gasteiger partial charge in [-0.25, -0.2) is 0 Å². The number of ether oxygens (including phenoxy) is 4. The van der Waals surface area contributed by atoms with Gasteiger partial charge in [-0.1, -0.05) is 0 Å². The second-order valence-electron chi connectivity index (χ2n) is 4.47. The molecule has 2 N–H and O–H groups in total. The summed E-state index contributed by atoms with van der Waals surface area (Å²) in [5, 5.41) is 19.0. The molecule has 0 amide bonds. The van der Waals surface area contributed by atoms with Crippen LogP contribution in [0.1, 0.15) is 20.8 Å². The van der Waals surface area contributed by atoms with E-state index in [1.165, 1.54) is 0 Å². The minimum Gasteiger partial charge on any atom is -0.456 e. The van der Waals surface area contributed by atoms with Crippen molar-refractivity contribution in [1.82, 2.24) is 0 Å². The van der Waals surface area contributed by atoms with Crippen LogP contribution in [-0.4, -0.2) is 65.4 Å². The zero-order valence-corrected chi connectivity index (χ0v) is 11.8. The van der Waals surface area contributed by atoms with Gasteiger partial charge in [0.1, 0.15) is 6.10 Å². The van der Waals surface area contributed by atoms with Crippen molar-refractivity contribution in [2.75, 3.05) is 6.61 Å². The third-order valence-electron chi connectivity index (χ3n) is 2.70. The molecule has 120 valence electrons. The van der Waals surface area contributed by atoms with Gasteiger partial charge in [-0.15, -0.1) is 0 Å². The second kappa shape index (κ2) is 7.34. The highest BCUT2D eigenvalue weighted by molar-refractivity contribution is 5.68. The SMILES string of the molecule is CC(=O)O[C@@H]1[C@H](OC(C)=O)[C@H](OC(C)=O)C(O)O[C@@H]1CO. The van der Waals surface area contributed by atoms with Gasteiger partial charge in [0, 0.05) is 20.8 Å². The zero-order valence-electron chi connectivity index (χ0n) is 11.8. The van der Waals surface area contributed by atoms with Crippen molar-refractivity contribution < 1.29 is 43.5 Å². The molecule has 1 rings (SSSR count). The molecular weight excluding hydrogens is 288 g/mol. The van der Waals surface area contributed by atoms with Crippen LogP contribution in [0, 0.1) is 0 Å². The quantitative estimate of drug-likeness (QED) is 0.470.